The molecular formula is C7H15NO. The fourth-order valence-corrected chi connectivity index (χ4v) is 1.32. The van der Waals surface area contributed by atoms with Gasteiger partial charge in [0, 0.05) is 18.6 Å². The summed E-state index contributed by atoms with van der Waals surface area (Å²) in [6, 6.07) is 0.336. The van der Waals surface area contributed by atoms with Gasteiger partial charge >= 0.3 is 0 Å². The highest BCUT2D eigenvalue weighted by Crippen LogP contribution is 2.40. The molecule has 1 saturated carbocycles. The van der Waals surface area contributed by atoms with Crippen LogP contribution in [0.3, 0.4) is 0 Å². The third-order valence-electron chi connectivity index (χ3n) is 2.54. The van der Waals surface area contributed by atoms with Gasteiger partial charge in [0.05, 0.1) is 6.10 Å². The maximum Gasteiger partial charge on any atom is 0.0652 e. The predicted molar refractivity (Wildman–Crippen MR) is 37.2 cm³/mol. The summed E-state index contributed by atoms with van der Waals surface area (Å²) in [6.45, 7) is 4.30. The Hall–Kier alpha value is -0.0800. The molecule has 2 nitrogen and oxygen atoms in total. The quantitative estimate of drug-likeness (QED) is 0.567. The summed E-state index contributed by atoms with van der Waals surface area (Å²) in [5.41, 5.74) is 5.95. The van der Waals surface area contributed by atoms with Crippen molar-refractivity contribution in [2.75, 3.05) is 7.11 Å². The summed E-state index contributed by atoms with van der Waals surface area (Å²) in [6.07, 6.45) is 1.40. The van der Waals surface area contributed by atoms with Crippen LogP contribution in [0.15, 0.2) is 0 Å². The van der Waals surface area contributed by atoms with Gasteiger partial charge in [-0.2, -0.15) is 0 Å². The van der Waals surface area contributed by atoms with E-state index >= 15 is 0 Å². The molecule has 0 saturated heterocycles. The Bertz CT molecular complexity index is 111. The number of nitrogens with two attached hydrogens (primary N) is 1. The summed E-state index contributed by atoms with van der Waals surface area (Å²) < 4.78 is 5.19. The van der Waals surface area contributed by atoms with Crippen LogP contribution in [-0.4, -0.2) is 19.3 Å². The van der Waals surface area contributed by atoms with E-state index in [-0.39, 0.29) is 5.41 Å². The maximum absolute atomic E-state index is 5.74. The van der Waals surface area contributed by atoms with Crippen LogP contribution in [0.4, 0.5) is 0 Å². The first-order valence-corrected chi connectivity index (χ1v) is 3.37. The minimum Gasteiger partial charge on any atom is -0.381 e. The Labute approximate surface area is 56.4 Å². The second-order valence-electron chi connectivity index (χ2n) is 3.39. The molecule has 0 aliphatic heterocycles. The van der Waals surface area contributed by atoms with Gasteiger partial charge in [0.2, 0.25) is 0 Å². The molecule has 0 unspecified atom stereocenters. The van der Waals surface area contributed by atoms with Crippen molar-refractivity contribution in [3.05, 3.63) is 0 Å². The largest absolute Gasteiger partial charge is 0.381 e. The summed E-state index contributed by atoms with van der Waals surface area (Å²) in [4.78, 5) is 0. The molecule has 0 heterocycles. The van der Waals surface area contributed by atoms with E-state index in [4.69, 9.17) is 10.5 Å². The number of rotatable bonds is 1. The lowest BCUT2D eigenvalue weighted by Gasteiger charge is -2.49. The summed E-state index contributed by atoms with van der Waals surface area (Å²) in [7, 11) is 1.75. The van der Waals surface area contributed by atoms with Crippen molar-refractivity contribution < 1.29 is 4.74 Å². The second kappa shape index (κ2) is 1.96. The van der Waals surface area contributed by atoms with Gasteiger partial charge in [-0.25, -0.2) is 0 Å². The SMILES string of the molecule is CO[C@H]1C[C@@H](N)C1(C)C. The number of methoxy groups -OCH3 is 1. The highest BCUT2D eigenvalue weighted by atomic mass is 16.5. The molecule has 1 aliphatic carbocycles. The third kappa shape index (κ3) is 0.864. The van der Waals surface area contributed by atoms with Gasteiger partial charge in [0.15, 0.2) is 0 Å². The van der Waals surface area contributed by atoms with E-state index in [9.17, 15) is 0 Å². The summed E-state index contributed by atoms with van der Waals surface area (Å²) >= 11 is 0. The lowest BCUT2D eigenvalue weighted by molar-refractivity contribution is -0.0858. The highest BCUT2D eigenvalue weighted by molar-refractivity contribution is 5.00. The Morgan fingerprint density at radius 3 is 2.22 bits per heavy atom. The zero-order valence-electron chi connectivity index (χ0n) is 6.35. The first-order valence-electron chi connectivity index (χ1n) is 3.37. The van der Waals surface area contributed by atoms with Crippen molar-refractivity contribution in [3.63, 3.8) is 0 Å². The maximum atomic E-state index is 5.74. The fraction of sp³-hybridized carbons (Fsp3) is 1.00. The van der Waals surface area contributed by atoms with Crippen LogP contribution in [-0.2, 0) is 4.74 Å². The normalized spacial score (nSPS) is 40.0. The predicted octanol–water partition coefficient (Wildman–Crippen LogP) is 0.759. The van der Waals surface area contributed by atoms with Crippen molar-refractivity contribution in [2.24, 2.45) is 11.1 Å². The van der Waals surface area contributed by atoms with Crippen LogP contribution >= 0.6 is 0 Å². The molecule has 0 aromatic rings. The molecule has 1 rings (SSSR count). The van der Waals surface area contributed by atoms with Crippen molar-refractivity contribution in [2.45, 2.75) is 32.4 Å². The number of hydrogen-bond donors (Lipinski definition) is 1. The minimum absolute atomic E-state index is 0.203. The summed E-state index contributed by atoms with van der Waals surface area (Å²) in [5, 5.41) is 0. The van der Waals surface area contributed by atoms with Crippen LogP contribution in [0.1, 0.15) is 20.3 Å². The van der Waals surface area contributed by atoms with Gasteiger partial charge in [0.1, 0.15) is 0 Å². The van der Waals surface area contributed by atoms with Crippen LogP contribution in [0.25, 0.3) is 0 Å². The minimum atomic E-state index is 0.203. The number of hydrogen-bond acceptors (Lipinski definition) is 2. The zero-order chi connectivity index (χ0) is 7.07. The molecule has 2 atom stereocenters. The second-order valence-corrected chi connectivity index (χ2v) is 3.39. The Morgan fingerprint density at radius 2 is 2.11 bits per heavy atom. The molecule has 0 bridgehead atoms. The van der Waals surface area contributed by atoms with Crippen molar-refractivity contribution >= 4 is 0 Å². The highest BCUT2D eigenvalue weighted by Gasteiger charge is 2.46. The van der Waals surface area contributed by atoms with E-state index in [2.05, 4.69) is 13.8 Å². The van der Waals surface area contributed by atoms with E-state index in [1.165, 1.54) is 0 Å². The average Bonchev–Trinajstić information content (AvgIpc) is 1.82. The number of ether oxygens (including phenoxy) is 1. The van der Waals surface area contributed by atoms with E-state index in [1.54, 1.807) is 7.11 Å². The molecule has 0 aromatic carbocycles. The molecule has 0 radical (unpaired) electrons. The fourth-order valence-electron chi connectivity index (χ4n) is 1.32. The van der Waals surface area contributed by atoms with Crippen LogP contribution < -0.4 is 5.73 Å². The Balaban J connectivity index is 2.48. The Morgan fingerprint density at radius 1 is 1.56 bits per heavy atom. The van der Waals surface area contributed by atoms with Crippen molar-refractivity contribution in [1.29, 1.82) is 0 Å². The smallest absolute Gasteiger partial charge is 0.0652 e. The van der Waals surface area contributed by atoms with Gasteiger partial charge in [-0.1, -0.05) is 13.8 Å². The van der Waals surface area contributed by atoms with Crippen LogP contribution in [0, 0.1) is 5.41 Å². The Kier molecular flexibility index (Phi) is 1.53. The van der Waals surface area contributed by atoms with E-state index in [1.807, 2.05) is 0 Å². The molecule has 0 aromatic heterocycles. The van der Waals surface area contributed by atoms with E-state index in [0.29, 0.717) is 12.1 Å². The molecule has 9 heavy (non-hydrogen) atoms. The molecule has 54 valence electrons. The van der Waals surface area contributed by atoms with Gasteiger partial charge in [-0.3, -0.25) is 0 Å². The molecule has 0 spiro atoms. The van der Waals surface area contributed by atoms with Gasteiger partial charge in [-0.05, 0) is 6.42 Å². The lowest BCUT2D eigenvalue weighted by atomic mass is 9.65. The third-order valence-corrected chi connectivity index (χ3v) is 2.54. The van der Waals surface area contributed by atoms with Gasteiger partial charge < -0.3 is 10.5 Å². The molecule has 0 amide bonds. The topological polar surface area (TPSA) is 35.2 Å². The first-order chi connectivity index (χ1) is 4.09. The summed E-state index contributed by atoms with van der Waals surface area (Å²) in [5.74, 6) is 0. The van der Waals surface area contributed by atoms with Gasteiger partial charge in [-0.15, -0.1) is 0 Å². The van der Waals surface area contributed by atoms with Crippen LogP contribution in [0.2, 0.25) is 0 Å². The molecule has 1 aliphatic rings. The first kappa shape index (κ1) is 7.03. The standard InChI is InChI=1S/C7H15NO/c1-7(2)5(8)4-6(7)9-3/h5-6H,4,8H2,1-3H3/t5-,6+/m1/s1. The zero-order valence-corrected chi connectivity index (χ0v) is 6.35. The van der Waals surface area contributed by atoms with Gasteiger partial charge in [0.25, 0.3) is 0 Å². The van der Waals surface area contributed by atoms with Crippen LogP contribution in [0.5, 0.6) is 0 Å². The molecule has 2 N–H and O–H groups in total. The van der Waals surface area contributed by atoms with Crippen molar-refractivity contribution in [1.82, 2.24) is 0 Å². The van der Waals surface area contributed by atoms with E-state index in [0.717, 1.165) is 6.42 Å². The average molecular weight is 129 g/mol. The monoisotopic (exact) mass is 129 g/mol. The molecule has 2 heteroatoms. The lowest BCUT2D eigenvalue weighted by Crippen LogP contribution is -2.58. The molecular weight excluding hydrogens is 114 g/mol. The molecule has 1 fully saturated rings. The van der Waals surface area contributed by atoms with E-state index < -0.39 is 0 Å². The van der Waals surface area contributed by atoms with Crippen molar-refractivity contribution in [3.8, 4) is 0 Å².